The number of nitrogens with zero attached hydrogens (tertiary/aromatic N) is 1. The summed E-state index contributed by atoms with van der Waals surface area (Å²) in [4.78, 5) is 2.86. The molecule has 0 bridgehead atoms. The minimum Gasteiger partial charge on any atom is -0.303 e. The van der Waals surface area contributed by atoms with Crippen molar-refractivity contribution in [3.8, 4) is 0 Å². The first-order valence-corrected chi connectivity index (χ1v) is 8.85. The van der Waals surface area contributed by atoms with Crippen molar-refractivity contribution < 1.29 is 8.42 Å². The van der Waals surface area contributed by atoms with Gasteiger partial charge in [-0.15, -0.1) is 0 Å². The van der Waals surface area contributed by atoms with E-state index in [0.29, 0.717) is 10.9 Å². The van der Waals surface area contributed by atoms with Crippen molar-refractivity contribution in [1.82, 2.24) is 4.90 Å². The van der Waals surface area contributed by atoms with E-state index in [1.54, 1.807) is 12.1 Å². The van der Waals surface area contributed by atoms with Crippen LogP contribution in [0.2, 0.25) is 0 Å². The van der Waals surface area contributed by atoms with Crippen molar-refractivity contribution >= 4 is 9.84 Å². The number of likely N-dealkylation sites (tertiary alicyclic amines) is 1. The molecule has 0 saturated carbocycles. The zero-order valence-corrected chi connectivity index (χ0v) is 12.6. The van der Waals surface area contributed by atoms with Crippen LogP contribution in [0.25, 0.3) is 0 Å². The van der Waals surface area contributed by atoms with Crippen LogP contribution in [0.3, 0.4) is 0 Å². The number of piperidine rings is 1. The minimum absolute atomic E-state index is 0.408. The summed E-state index contributed by atoms with van der Waals surface area (Å²) in [6, 6.07) is 8.01. The predicted molar refractivity (Wildman–Crippen MR) is 78.1 cm³/mol. The van der Waals surface area contributed by atoms with E-state index in [0.717, 1.165) is 12.8 Å². The van der Waals surface area contributed by atoms with Crippen molar-refractivity contribution in [1.29, 1.82) is 0 Å². The maximum atomic E-state index is 11.4. The SMILES string of the molecule is CN1CCCC[C@H]1CCc1ccc(S(C)(=O)=O)cc1. The van der Waals surface area contributed by atoms with Gasteiger partial charge in [-0.05, 0) is 57.0 Å². The molecule has 1 fully saturated rings. The van der Waals surface area contributed by atoms with Crippen LogP contribution in [0.5, 0.6) is 0 Å². The zero-order valence-electron chi connectivity index (χ0n) is 11.8. The molecule has 1 aromatic rings. The monoisotopic (exact) mass is 281 g/mol. The largest absolute Gasteiger partial charge is 0.303 e. The quantitative estimate of drug-likeness (QED) is 0.851. The lowest BCUT2D eigenvalue weighted by Gasteiger charge is -2.32. The molecule has 2 rings (SSSR count). The smallest absolute Gasteiger partial charge is 0.175 e. The maximum Gasteiger partial charge on any atom is 0.175 e. The van der Waals surface area contributed by atoms with Gasteiger partial charge >= 0.3 is 0 Å². The molecule has 0 N–H and O–H groups in total. The summed E-state index contributed by atoms with van der Waals surface area (Å²) in [6.45, 7) is 1.21. The van der Waals surface area contributed by atoms with Gasteiger partial charge in [0.2, 0.25) is 0 Å². The molecule has 1 aliphatic heterocycles. The normalized spacial score (nSPS) is 21.5. The van der Waals surface area contributed by atoms with Crippen molar-refractivity contribution in [2.24, 2.45) is 0 Å². The van der Waals surface area contributed by atoms with Gasteiger partial charge in [-0.3, -0.25) is 0 Å². The highest BCUT2D eigenvalue weighted by molar-refractivity contribution is 7.90. The third kappa shape index (κ3) is 4.05. The lowest BCUT2D eigenvalue weighted by Crippen LogP contribution is -2.36. The second kappa shape index (κ2) is 6.06. The van der Waals surface area contributed by atoms with Gasteiger partial charge < -0.3 is 4.90 Å². The Balaban J connectivity index is 1.93. The number of sulfone groups is 1. The van der Waals surface area contributed by atoms with Crippen LogP contribution in [0.1, 0.15) is 31.2 Å². The van der Waals surface area contributed by atoms with E-state index < -0.39 is 9.84 Å². The van der Waals surface area contributed by atoms with Gasteiger partial charge in [-0.2, -0.15) is 0 Å². The van der Waals surface area contributed by atoms with Gasteiger partial charge in [0.05, 0.1) is 4.90 Å². The van der Waals surface area contributed by atoms with E-state index in [2.05, 4.69) is 11.9 Å². The summed E-state index contributed by atoms with van der Waals surface area (Å²) in [5.74, 6) is 0. The average Bonchev–Trinajstić information content (AvgIpc) is 2.37. The van der Waals surface area contributed by atoms with Gasteiger partial charge in [-0.1, -0.05) is 18.6 Å². The molecule has 0 aromatic heterocycles. The van der Waals surface area contributed by atoms with E-state index in [1.165, 1.54) is 37.6 Å². The molecule has 3 nitrogen and oxygen atoms in total. The van der Waals surface area contributed by atoms with Crippen molar-refractivity contribution in [2.75, 3.05) is 19.8 Å². The van der Waals surface area contributed by atoms with Crippen LogP contribution in [-0.4, -0.2) is 39.2 Å². The Morgan fingerprint density at radius 1 is 1.21 bits per heavy atom. The standard InChI is InChI=1S/C15H23NO2S/c1-16-12-4-3-5-14(16)9-6-13-7-10-15(11-8-13)19(2,17)18/h7-8,10-11,14H,3-6,9,12H2,1-2H3/t14-/m0/s1. The summed E-state index contributed by atoms with van der Waals surface area (Å²) < 4.78 is 22.8. The van der Waals surface area contributed by atoms with E-state index >= 15 is 0 Å². The first-order valence-electron chi connectivity index (χ1n) is 6.96. The number of rotatable bonds is 4. The molecule has 0 radical (unpaired) electrons. The van der Waals surface area contributed by atoms with Gasteiger partial charge in [-0.25, -0.2) is 8.42 Å². The molecular weight excluding hydrogens is 258 g/mol. The minimum atomic E-state index is -3.07. The van der Waals surface area contributed by atoms with Crippen LogP contribution in [-0.2, 0) is 16.3 Å². The highest BCUT2D eigenvalue weighted by atomic mass is 32.2. The Morgan fingerprint density at radius 2 is 1.89 bits per heavy atom. The van der Waals surface area contributed by atoms with Crippen LogP contribution < -0.4 is 0 Å². The molecule has 0 aliphatic carbocycles. The molecular formula is C15H23NO2S. The fourth-order valence-electron chi connectivity index (χ4n) is 2.75. The van der Waals surface area contributed by atoms with Crippen molar-refractivity contribution in [3.05, 3.63) is 29.8 Å². The lowest BCUT2D eigenvalue weighted by atomic mass is 9.96. The van der Waals surface area contributed by atoms with Gasteiger partial charge in [0.15, 0.2) is 9.84 Å². The molecule has 1 saturated heterocycles. The Kier molecular flexibility index (Phi) is 4.63. The molecule has 4 heteroatoms. The van der Waals surface area contributed by atoms with E-state index in [9.17, 15) is 8.42 Å². The van der Waals surface area contributed by atoms with Gasteiger partial charge in [0.1, 0.15) is 0 Å². The molecule has 1 aromatic carbocycles. The first-order chi connectivity index (χ1) is 8.97. The van der Waals surface area contributed by atoms with Crippen molar-refractivity contribution in [2.45, 2.75) is 43.0 Å². The molecule has 0 spiro atoms. The number of aryl methyl sites for hydroxylation is 1. The Morgan fingerprint density at radius 3 is 2.47 bits per heavy atom. The highest BCUT2D eigenvalue weighted by Crippen LogP contribution is 2.20. The summed E-state index contributed by atoms with van der Waals surface area (Å²) in [5, 5.41) is 0. The fourth-order valence-corrected chi connectivity index (χ4v) is 3.38. The molecule has 1 aliphatic rings. The fraction of sp³-hybridized carbons (Fsp3) is 0.600. The average molecular weight is 281 g/mol. The third-order valence-corrected chi connectivity index (χ3v) is 5.17. The predicted octanol–water partition coefficient (Wildman–Crippen LogP) is 2.51. The number of hydrogen-bond acceptors (Lipinski definition) is 3. The summed E-state index contributed by atoms with van der Waals surface area (Å²) in [7, 11) is -0.867. The Bertz CT molecular complexity index is 507. The van der Waals surface area contributed by atoms with Gasteiger partial charge in [0, 0.05) is 12.3 Å². The molecule has 19 heavy (non-hydrogen) atoms. The topological polar surface area (TPSA) is 37.4 Å². The van der Waals surface area contributed by atoms with E-state index in [4.69, 9.17) is 0 Å². The van der Waals surface area contributed by atoms with E-state index in [-0.39, 0.29) is 0 Å². The van der Waals surface area contributed by atoms with E-state index in [1.807, 2.05) is 12.1 Å². The van der Waals surface area contributed by atoms with Crippen LogP contribution >= 0.6 is 0 Å². The molecule has 106 valence electrons. The lowest BCUT2D eigenvalue weighted by molar-refractivity contribution is 0.176. The van der Waals surface area contributed by atoms with Gasteiger partial charge in [0.25, 0.3) is 0 Å². The second-order valence-corrected chi connectivity index (χ2v) is 7.60. The number of hydrogen-bond donors (Lipinski definition) is 0. The summed E-state index contributed by atoms with van der Waals surface area (Å²) in [6.07, 6.45) is 7.38. The van der Waals surface area contributed by atoms with Crippen LogP contribution in [0.15, 0.2) is 29.2 Å². The Hall–Kier alpha value is -0.870. The third-order valence-electron chi connectivity index (χ3n) is 4.04. The zero-order chi connectivity index (χ0) is 13.9. The maximum absolute atomic E-state index is 11.4. The summed E-state index contributed by atoms with van der Waals surface area (Å²) >= 11 is 0. The summed E-state index contributed by atoms with van der Waals surface area (Å²) in [5.41, 5.74) is 1.23. The molecule has 1 heterocycles. The van der Waals surface area contributed by atoms with Crippen LogP contribution in [0.4, 0.5) is 0 Å². The molecule has 0 unspecified atom stereocenters. The molecule has 0 amide bonds. The molecule has 1 atom stereocenters. The highest BCUT2D eigenvalue weighted by Gasteiger charge is 2.18. The number of benzene rings is 1. The Labute approximate surface area is 116 Å². The van der Waals surface area contributed by atoms with Crippen molar-refractivity contribution in [3.63, 3.8) is 0 Å². The van der Waals surface area contributed by atoms with Crippen LogP contribution in [0, 0.1) is 0 Å². The second-order valence-electron chi connectivity index (χ2n) is 5.59. The first kappa shape index (κ1) is 14.5.